The second kappa shape index (κ2) is 14.8. The zero-order valence-electron chi connectivity index (χ0n) is 29.4. The van der Waals surface area contributed by atoms with Gasteiger partial charge < -0.3 is 39.4 Å². The van der Waals surface area contributed by atoms with Crippen molar-refractivity contribution < 1.29 is 39.4 Å². The van der Waals surface area contributed by atoms with E-state index in [1.165, 1.54) is 25.5 Å². The van der Waals surface area contributed by atoms with Crippen LogP contribution >= 0.6 is 0 Å². The highest BCUT2D eigenvalue weighted by Gasteiger charge is 2.39. The minimum atomic E-state index is -0.841. The standard InChI is InChI=1S/C42H46N2O8/c1-49-38-17-26(7-11-36(38)48)42-40(50-23-44-28-4-2-3-5-28)19-33-34-16-27(15-24-6-10-35-25(14-24)12-13-43-35)32-18-29(47)8-9-31(32)41(34)39(20-37(33)52-42)51-30(21-45)22-46/h6-12,14,17-18,20,27-28,30,40,42,44-48H,2-5,13,15-16,19,21-23H2,1H3. The lowest BCUT2D eigenvalue weighted by atomic mass is 9.73. The maximum absolute atomic E-state index is 10.7. The molecule has 4 aromatic carbocycles. The van der Waals surface area contributed by atoms with E-state index in [-0.39, 0.29) is 36.7 Å². The van der Waals surface area contributed by atoms with E-state index in [0.29, 0.717) is 49.4 Å². The lowest BCUT2D eigenvalue weighted by molar-refractivity contribution is -0.0469. The Hall–Kier alpha value is -4.61. The van der Waals surface area contributed by atoms with Gasteiger partial charge in [-0.05, 0) is 101 Å². The van der Waals surface area contributed by atoms with E-state index in [9.17, 15) is 20.4 Å². The van der Waals surface area contributed by atoms with E-state index in [2.05, 4.69) is 34.6 Å². The molecule has 10 heteroatoms. The fourth-order valence-corrected chi connectivity index (χ4v) is 8.42. The first kappa shape index (κ1) is 34.5. The predicted molar refractivity (Wildman–Crippen MR) is 196 cm³/mol. The first-order valence-electron chi connectivity index (χ1n) is 18.3. The van der Waals surface area contributed by atoms with Gasteiger partial charge in [0.1, 0.15) is 29.5 Å². The van der Waals surface area contributed by atoms with Gasteiger partial charge in [-0.1, -0.05) is 37.1 Å². The minimum Gasteiger partial charge on any atom is -0.508 e. The molecule has 0 radical (unpaired) electrons. The Bertz CT molecular complexity index is 2070. The summed E-state index contributed by atoms with van der Waals surface area (Å²) in [4.78, 5) is 4.56. The molecule has 272 valence electrons. The third kappa shape index (κ3) is 6.72. The SMILES string of the molecule is COc1cc(C2Oc3cc(OC(CO)CO)c4c(c3CC2OCNC2CCCC2)CC(Cc2ccc3c(c2)=CCN=3)c2cc(O)ccc2-4)ccc1O. The first-order chi connectivity index (χ1) is 25.4. The lowest BCUT2D eigenvalue weighted by Crippen LogP contribution is -2.38. The first-order valence-corrected chi connectivity index (χ1v) is 18.3. The third-order valence-electron chi connectivity index (χ3n) is 11.1. The fourth-order valence-electron chi connectivity index (χ4n) is 8.42. The van der Waals surface area contributed by atoms with E-state index in [0.717, 1.165) is 63.2 Å². The number of phenols is 2. The molecule has 2 aliphatic heterocycles. The third-order valence-corrected chi connectivity index (χ3v) is 11.1. The number of methoxy groups -OCH3 is 1. The maximum atomic E-state index is 10.7. The van der Waals surface area contributed by atoms with Crippen LogP contribution in [0.3, 0.4) is 0 Å². The Kier molecular flexibility index (Phi) is 9.80. The predicted octanol–water partition coefficient (Wildman–Crippen LogP) is 4.35. The number of aromatic hydroxyl groups is 2. The average Bonchev–Trinajstić information content (AvgIpc) is 3.86. The molecule has 3 atom stereocenters. The van der Waals surface area contributed by atoms with Gasteiger partial charge in [-0.3, -0.25) is 10.3 Å². The van der Waals surface area contributed by atoms with Crippen LogP contribution in [0.15, 0.2) is 65.7 Å². The van der Waals surface area contributed by atoms with Gasteiger partial charge in [0.2, 0.25) is 0 Å². The Balaban J connectivity index is 1.23. The van der Waals surface area contributed by atoms with Crippen molar-refractivity contribution in [1.82, 2.24) is 5.32 Å². The molecule has 0 saturated heterocycles. The summed E-state index contributed by atoms with van der Waals surface area (Å²) >= 11 is 0. The van der Waals surface area contributed by atoms with Crippen LogP contribution in [-0.4, -0.2) is 72.3 Å². The molecule has 2 heterocycles. The number of hydrogen-bond acceptors (Lipinski definition) is 10. The van der Waals surface area contributed by atoms with Gasteiger partial charge in [-0.2, -0.15) is 0 Å². The van der Waals surface area contributed by atoms with Crippen LogP contribution in [0.4, 0.5) is 0 Å². The van der Waals surface area contributed by atoms with Crippen molar-refractivity contribution in [2.24, 2.45) is 4.99 Å². The molecule has 5 N–H and O–H groups in total. The monoisotopic (exact) mass is 706 g/mol. The van der Waals surface area contributed by atoms with Crippen molar-refractivity contribution in [3.63, 3.8) is 0 Å². The highest BCUT2D eigenvalue weighted by Crippen LogP contribution is 2.53. The molecule has 0 aromatic heterocycles. The molecule has 4 aromatic rings. The van der Waals surface area contributed by atoms with Crippen molar-refractivity contribution in [2.75, 3.05) is 33.6 Å². The zero-order chi connectivity index (χ0) is 35.8. The molecule has 10 nitrogen and oxygen atoms in total. The Labute approximate surface area is 303 Å². The van der Waals surface area contributed by atoms with Gasteiger partial charge in [0.25, 0.3) is 0 Å². The number of nitrogens with one attached hydrogen (secondary N) is 1. The normalized spacial score (nSPS) is 20.3. The number of phenolic OH excluding ortho intramolecular Hbond substituents is 2. The molecule has 1 fully saturated rings. The Morgan fingerprint density at radius 3 is 2.58 bits per heavy atom. The van der Waals surface area contributed by atoms with E-state index >= 15 is 0 Å². The van der Waals surface area contributed by atoms with Gasteiger partial charge in [-0.15, -0.1) is 0 Å². The van der Waals surface area contributed by atoms with Crippen molar-refractivity contribution in [3.05, 3.63) is 99.1 Å². The molecule has 1 saturated carbocycles. The number of nitrogens with zero attached hydrogens (tertiary/aromatic N) is 1. The molecule has 52 heavy (non-hydrogen) atoms. The summed E-state index contributed by atoms with van der Waals surface area (Å²) < 4.78 is 25.4. The van der Waals surface area contributed by atoms with Crippen molar-refractivity contribution in [2.45, 2.75) is 75.2 Å². The van der Waals surface area contributed by atoms with Crippen LogP contribution in [0.2, 0.25) is 0 Å². The number of fused-ring (bicyclic) bond motifs is 6. The van der Waals surface area contributed by atoms with Gasteiger partial charge in [0.15, 0.2) is 17.6 Å². The molecule has 0 spiro atoms. The van der Waals surface area contributed by atoms with Crippen LogP contribution in [0.1, 0.15) is 65.5 Å². The molecule has 0 amide bonds. The molecular weight excluding hydrogens is 660 g/mol. The summed E-state index contributed by atoms with van der Waals surface area (Å²) in [6, 6.07) is 19.4. The van der Waals surface area contributed by atoms with Gasteiger partial charge in [-0.25, -0.2) is 0 Å². The molecular formula is C42H46N2O8. The second-order valence-electron chi connectivity index (χ2n) is 14.3. The minimum absolute atomic E-state index is 0.0271. The highest BCUT2D eigenvalue weighted by molar-refractivity contribution is 5.83. The largest absolute Gasteiger partial charge is 0.508 e. The van der Waals surface area contributed by atoms with E-state index in [4.69, 9.17) is 18.9 Å². The fraction of sp³-hybridized carbons (Fsp3) is 0.405. The van der Waals surface area contributed by atoms with Gasteiger partial charge in [0.05, 0.1) is 39.0 Å². The maximum Gasteiger partial charge on any atom is 0.160 e. The number of hydrogen-bond donors (Lipinski definition) is 5. The van der Waals surface area contributed by atoms with E-state index < -0.39 is 12.2 Å². The van der Waals surface area contributed by atoms with Crippen LogP contribution in [0.25, 0.3) is 17.2 Å². The van der Waals surface area contributed by atoms with Crippen molar-refractivity contribution >= 4 is 6.08 Å². The number of benzene rings is 4. The number of aliphatic hydroxyl groups is 2. The second-order valence-corrected chi connectivity index (χ2v) is 14.3. The van der Waals surface area contributed by atoms with Crippen LogP contribution < -0.4 is 30.1 Å². The Morgan fingerprint density at radius 1 is 0.923 bits per heavy atom. The van der Waals surface area contributed by atoms with Crippen LogP contribution in [0.5, 0.6) is 28.7 Å². The average molecular weight is 707 g/mol. The number of aliphatic hydroxyl groups excluding tert-OH is 2. The summed E-state index contributed by atoms with van der Waals surface area (Å²) in [6.07, 6.45) is 7.06. The van der Waals surface area contributed by atoms with E-state index in [1.54, 1.807) is 18.2 Å². The summed E-state index contributed by atoms with van der Waals surface area (Å²) in [5.74, 6) is 1.73. The molecule has 4 aliphatic rings. The Morgan fingerprint density at radius 2 is 1.77 bits per heavy atom. The van der Waals surface area contributed by atoms with Gasteiger partial charge >= 0.3 is 0 Å². The quantitative estimate of drug-likeness (QED) is 0.136. The van der Waals surface area contributed by atoms with Crippen LogP contribution in [0, 0.1) is 0 Å². The van der Waals surface area contributed by atoms with Gasteiger partial charge in [0, 0.05) is 29.7 Å². The summed E-state index contributed by atoms with van der Waals surface area (Å²) in [5.41, 5.74) is 6.88. The molecule has 0 bridgehead atoms. The molecule has 3 unspecified atom stereocenters. The number of ether oxygens (including phenoxy) is 4. The molecule has 2 aliphatic carbocycles. The smallest absolute Gasteiger partial charge is 0.160 e. The highest BCUT2D eigenvalue weighted by atomic mass is 16.6. The summed E-state index contributed by atoms with van der Waals surface area (Å²) in [7, 11) is 1.52. The summed E-state index contributed by atoms with van der Waals surface area (Å²) in [5, 5.41) is 47.1. The van der Waals surface area contributed by atoms with Crippen molar-refractivity contribution in [3.8, 4) is 39.9 Å². The van der Waals surface area contributed by atoms with Crippen molar-refractivity contribution in [1.29, 1.82) is 0 Å². The lowest BCUT2D eigenvalue weighted by Gasteiger charge is -2.39. The van der Waals surface area contributed by atoms with E-state index in [1.807, 2.05) is 24.3 Å². The summed E-state index contributed by atoms with van der Waals surface area (Å²) in [6.45, 7) is 0.344. The number of rotatable bonds is 12. The zero-order valence-corrected chi connectivity index (χ0v) is 29.4. The van der Waals surface area contributed by atoms with Crippen LogP contribution in [-0.2, 0) is 24.0 Å². The molecule has 8 rings (SSSR count). The topological polar surface area (TPSA) is 142 Å².